The Morgan fingerprint density at radius 1 is 1.10 bits per heavy atom. The quantitative estimate of drug-likeness (QED) is 0.181. The average Bonchev–Trinajstić information content (AvgIpc) is 2.66. The van der Waals surface area contributed by atoms with Crippen molar-refractivity contribution in [3.05, 3.63) is 42.5 Å². The lowest BCUT2D eigenvalue weighted by molar-refractivity contribution is -0.150. The minimum atomic E-state index is -0.813. The van der Waals surface area contributed by atoms with Gasteiger partial charge in [0.1, 0.15) is 6.04 Å². The van der Waals surface area contributed by atoms with E-state index in [-0.39, 0.29) is 17.6 Å². The molecule has 0 aliphatic carbocycles. The highest BCUT2D eigenvalue weighted by molar-refractivity contribution is 7.99. The zero-order valence-corrected chi connectivity index (χ0v) is 18.8. The summed E-state index contributed by atoms with van der Waals surface area (Å²) in [6.45, 7) is 9.53. The molecule has 1 aromatic carbocycles. The standard InChI is InChI=1S/C22H27NO7S/c1-6-11-31-13-18(22(27)28-14(2)3)23-21(26)10-8-17-7-9-19(29-15(4)24)20(12-17)30-16(5)25/h6-10,12,14,18H,1,11,13H2,2-5H3,(H,23,26)/b10-8+. The number of carbonyl (C=O) groups excluding carboxylic acids is 4. The fraction of sp³-hybridized carbons (Fsp3) is 0.364. The second kappa shape index (κ2) is 13.3. The van der Waals surface area contributed by atoms with E-state index >= 15 is 0 Å². The van der Waals surface area contributed by atoms with Crippen molar-refractivity contribution in [1.29, 1.82) is 0 Å². The second-order valence-corrected chi connectivity index (χ2v) is 7.67. The van der Waals surface area contributed by atoms with Gasteiger partial charge in [0, 0.05) is 31.4 Å². The highest BCUT2D eigenvalue weighted by Gasteiger charge is 2.22. The van der Waals surface area contributed by atoms with Gasteiger partial charge in [-0.25, -0.2) is 4.79 Å². The molecule has 0 saturated carbocycles. The van der Waals surface area contributed by atoms with E-state index in [1.54, 1.807) is 26.0 Å². The van der Waals surface area contributed by atoms with Crippen LogP contribution in [-0.4, -0.2) is 47.5 Å². The molecule has 1 aromatic rings. The van der Waals surface area contributed by atoms with Gasteiger partial charge in [-0.3, -0.25) is 14.4 Å². The molecule has 31 heavy (non-hydrogen) atoms. The zero-order chi connectivity index (χ0) is 23.4. The van der Waals surface area contributed by atoms with Crippen molar-refractivity contribution in [2.24, 2.45) is 0 Å². The van der Waals surface area contributed by atoms with Crippen molar-refractivity contribution in [1.82, 2.24) is 5.32 Å². The van der Waals surface area contributed by atoms with E-state index in [4.69, 9.17) is 14.2 Å². The maximum Gasteiger partial charge on any atom is 0.329 e. The highest BCUT2D eigenvalue weighted by Crippen LogP contribution is 2.29. The molecular formula is C22H27NO7S. The lowest BCUT2D eigenvalue weighted by Crippen LogP contribution is -2.43. The Balaban J connectivity index is 2.92. The molecule has 1 N–H and O–H groups in total. The van der Waals surface area contributed by atoms with Gasteiger partial charge in [0.25, 0.3) is 0 Å². The first kappa shape index (κ1) is 26.0. The third kappa shape index (κ3) is 10.5. The first-order valence-electron chi connectivity index (χ1n) is 9.51. The van der Waals surface area contributed by atoms with Gasteiger partial charge < -0.3 is 19.5 Å². The zero-order valence-electron chi connectivity index (χ0n) is 18.0. The SMILES string of the molecule is C=CCSCC(NC(=O)/C=C/c1ccc(OC(C)=O)c(OC(C)=O)c1)C(=O)OC(C)C. The third-order valence-electron chi connectivity index (χ3n) is 3.38. The summed E-state index contributed by atoms with van der Waals surface area (Å²) in [6, 6.07) is 3.67. The number of carbonyl (C=O) groups is 4. The van der Waals surface area contributed by atoms with Crippen molar-refractivity contribution in [3.63, 3.8) is 0 Å². The Morgan fingerprint density at radius 2 is 1.74 bits per heavy atom. The van der Waals surface area contributed by atoms with Crippen LogP contribution in [0.1, 0.15) is 33.3 Å². The van der Waals surface area contributed by atoms with E-state index in [1.165, 1.54) is 49.9 Å². The van der Waals surface area contributed by atoms with Gasteiger partial charge in [-0.05, 0) is 37.6 Å². The normalized spacial score (nSPS) is 11.6. The Morgan fingerprint density at radius 3 is 2.32 bits per heavy atom. The molecule has 0 aliphatic heterocycles. The Bertz CT molecular complexity index is 848. The van der Waals surface area contributed by atoms with Crippen LogP contribution in [0.5, 0.6) is 11.5 Å². The smallest absolute Gasteiger partial charge is 0.329 e. The fourth-order valence-electron chi connectivity index (χ4n) is 2.25. The van der Waals surface area contributed by atoms with Crippen LogP contribution in [0.3, 0.4) is 0 Å². The minimum Gasteiger partial charge on any atom is -0.461 e. The van der Waals surface area contributed by atoms with E-state index in [0.717, 1.165) is 0 Å². The summed E-state index contributed by atoms with van der Waals surface area (Å²) in [5.41, 5.74) is 0.518. The van der Waals surface area contributed by atoms with Crippen molar-refractivity contribution in [3.8, 4) is 11.5 Å². The van der Waals surface area contributed by atoms with Crippen molar-refractivity contribution in [2.45, 2.75) is 39.8 Å². The number of ether oxygens (including phenoxy) is 3. The van der Waals surface area contributed by atoms with Gasteiger partial charge in [0.05, 0.1) is 6.10 Å². The molecule has 0 aliphatic rings. The molecule has 1 unspecified atom stereocenters. The molecule has 1 amide bonds. The number of benzene rings is 1. The number of thioether (sulfide) groups is 1. The van der Waals surface area contributed by atoms with Gasteiger partial charge in [-0.1, -0.05) is 12.1 Å². The first-order valence-corrected chi connectivity index (χ1v) is 10.7. The number of nitrogens with one attached hydrogen (secondary N) is 1. The molecule has 8 nitrogen and oxygen atoms in total. The summed E-state index contributed by atoms with van der Waals surface area (Å²) in [7, 11) is 0. The van der Waals surface area contributed by atoms with E-state index in [9.17, 15) is 19.2 Å². The predicted molar refractivity (Wildman–Crippen MR) is 119 cm³/mol. The molecule has 0 aromatic heterocycles. The van der Waals surface area contributed by atoms with E-state index in [2.05, 4.69) is 11.9 Å². The van der Waals surface area contributed by atoms with Crippen LogP contribution in [0.4, 0.5) is 0 Å². The van der Waals surface area contributed by atoms with Crippen LogP contribution in [0.25, 0.3) is 6.08 Å². The molecule has 0 spiro atoms. The van der Waals surface area contributed by atoms with Crippen LogP contribution >= 0.6 is 11.8 Å². The number of esters is 3. The number of rotatable bonds is 11. The van der Waals surface area contributed by atoms with Crippen molar-refractivity contribution >= 4 is 41.7 Å². The van der Waals surface area contributed by atoms with Crippen molar-refractivity contribution in [2.75, 3.05) is 11.5 Å². The highest BCUT2D eigenvalue weighted by atomic mass is 32.2. The monoisotopic (exact) mass is 449 g/mol. The molecule has 0 saturated heterocycles. The largest absolute Gasteiger partial charge is 0.461 e. The third-order valence-corrected chi connectivity index (χ3v) is 4.42. The van der Waals surface area contributed by atoms with Crippen molar-refractivity contribution < 1.29 is 33.4 Å². The Kier molecular flexibility index (Phi) is 11.1. The van der Waals surface area contributed by atoms with Gasteiger partial charge >= 0.3 is 17.9 Å². The first-order chi connectivity index (χ1) is 14.6. The van der Waals surface area contributed by atoms with E-state index in [0.29, 0.717) is 17.1 Å². The summed E-state index contributed by atoms with van der Waals surface area (Å²) >= 11 is 1.44. The van der Waals surface area contributed by atoms with Crippen LogP contribution < -0.4 is 14.8 Å². The van der Waals surface area contributed by atoms with Crippen LogP contribution in [-0.2, 0) is 23.9 Å². The minimum absolute atomic E-state index is 0.0458. The molecule has 0 bridgehead atoms. The molecule has 9 heteroatoms. The number of amides is 1. The number of hydrogen-bond donors (Lipinski definition) is 1. The molecule has 0 radical (unpaired) electrons. The topological polar surface area (TPSA) is 108 Å². The summed E-state index contributed by atoms with van der Waals surface area (Å²) in [4.78, 5) is 47.1. The van der Waals surface area contributed by atoms with Crippen LogP contribution in [0.15, 0.2) is 36.9 Å². The molecular weight excluding hydrogens is 422 g/mol. The Hall–Kier alpha value is -3.07. The summed E-state index contributed by atoms with van der Waals surface area (Å²) in [6.07, 6.45) is 4.12. The Labute approximate surface area is 186 Å². The van der Waals surface area contributed by atoms with Crippen LogP contribution in [0.2, 0.25) is 0 Å². The molecule has 168 valence electrons. The van der Waals surface area contributed by atoms with Gasteiger partial charge in [-0.15, -0.1) is 6.58 Å². The maximum absolute atomic E-state index is 12.3. The summed E-state index contributed by atoms with van der Waals surface area (Å²) in [5.74, 6) is -1.07. The fourth-order valence-corrected chi connectivity index (χ4v) is 3.00. The van der Waals surface area contributed by atoms with Crippen LogP contribution in [0, 0.1) is 0 Å². The lowest BCUT2D eigenvalue weighted by atomic mass is 10.2. The maximum atomic E-state index is 12.3. The predicted octanol–water partition coefficient (Wildman–Crippen LogP) is 2.91. The lowest BCUT2D eigenvalue weighted by Gasteiger charge is -2.18. The number of hydrogen-bond acceptors (Lipinski definition) is 8. The summed E-state index contributed by atoms with van der Waals surface area (Å²) < 4.78 is 15.3. The molecule has 0 heterocycles. The van der Waals surface area contributed by atoms with E-state index in [1.807, 2.05) is 0 Å². The summed E-state index contributed by atoms with van der Waals surface area (Å²) in [5, 5.41) is 2.63. The van der Waals surface area contributed by atoms with Gasteiger partial charge in [0.2, 0.25) is 5.91 Å². The molecule has 1 rings (SSSR count). The molecule has 1 atom stereocenters. The van der Waals surface area contributed by atoms with E-state index < -0.39 is 29.9 Å². The second-order valence-electron chi connectivity index (χ2n) is 6.60. The average molecular weight is 450 g/mol. The van der Waals surface area contributed by atoms with Gasteiger partial charge in [0.15, 0.2) is 11.5 Å². The molecule has 0 fully saturated rings. The van der Waals surface area contributed by atoms with Gasteiger partial charge in [-0.2, -0.15) is 11.8 Å².